The highest BCUT2D eigenvalue weighted by Crippen LogP contribution is 2.29. The predicted octanol–water partition coefficient (Wildman–Crippen LogP) is 3.12. The molecule has 84 valence electrons. The quantitative estimate of drug-likeness (QED) is 0.485. The molecule has 0 heterocycles. The molecule has 0 saturated carbocycles. The van der Waals surface area contributed by atoms with Gasteiger partial charge < -0.3 is 0 Å². The lowest BCUT2D eigenvalue weighted by atomic mass is 10.1. The Kier molecular flexibility index (Phi) is 4.01. The van der Waals surface area contributed by atoms with Gasteiger partial charge in [0.15, 0.2) is 0 Å². The lowest BCUT2D eigenvalue weighted by Crippen LogP contribution is -2.06. The monoisotopic (exact) mass is 325 g/mol. The van der Waals surface area contributed by atoms with Gasteiger partial charge >= 0.3 is 0 Å². The van der Waals surface area contributed by atoms with Crippen LogP contribution in [0.15, 0.2) is 16.6 Å². The van der Waals surface area contributed by atoms with E-state index >= 15 is 0 Å². The minimum absolute atomic E-state index is 0.255. The van der Waals surface area contributed by atoms with Crippen LogP contribution in [0.4, 0.5) is 5.69 Å². The van der Waals surface area contributed by atoms with Gasteiger partial charge in [0.1, 0.15) is 5.56 Å². The van der Waals surface area contributed by atoms with Crippen molar-refractivity contribution in [3.05, 3.63) is 37.8 Å². The third-order valence-electron chi connectivity index (χ3n) is 1.69. The molecule has 1 aromatic rings. The molecule has 1 rings (SSSR count). The number of benzene rings is 1. The van der Waals surface area contributed by atoms with E-state index in [4.69, 9.17) is 23.2 Å². The molecular formula is C8H2BrCl2NO4. The second-order valence-electron chi connectivity index (χ2n) is 2.65. The first kappa shape index (κ1) is 13.1. The maximum Gasteiger partial charge on any atom is 0.283 e. The fraction of sp³-hybridized carbons (Fsp3) is 0. The number of nitrogens with zero attached hydrogens (tertiary/aromatic N) is 1. The maximum absolute atomic E-state index is 11.0. The topological polar surface area (TPSA) is 77.3 Å². The van der Waals surface area contributed by atoms with Crippen LogP contribution in [-0.4, -0.2) is 15.4 Å². The molecule has 0 N–H and O–H groups in total. The molecule has 0 aliphatic heterocycles. The van der Waals surface area contributed by atoms with Crippen molar-refractivity contribution in [3.8, 4) is 0 Å². The van der Waals surface area contributed by atoms with Gasteiger partial charge in [0.25, 0.3) is 16.2 Å². The number of hydrogen-bond donors (Lipinski definition) is 0. The van der Waals surface area contributed by atoms with E-state index in [1.54, 1.807) is 0 Å². The molecule has 8 heteroatoms. The number of nitro benzene ring substituents is 1. The molecule has 0 unspecified atom stereocenters. The molecule has 0 saturated heterocycles. The van der Waals surface area contributed by atoms with Crippen molar-refractivity contribution in [2.24, 2.45) is 0 Å². The fourth-order valence-corrected chi connectivity index (χ4v) is 1.89. The van der Waals surface area contributed by atoms with Crippen LogP contribution in [0.5, 0.6) is 0 Å². The Labute approximate surface area is 108 Å². The first-order valence-corrected chi connectivity index (χ1v) is 5.27. The van der Waals surface area contributed by atoms with Gasteiger partial charge in [-0.15, -0.1) is 0 Å². The first-order valence-electron chi connectivity index (χ1n) is 3.72. The summed E-state index contributed by atoms with van der Waals surface area (Å²) in [4.78, 5) is 31.9. The minimum Gasteiger partial charge on any atom is -0.276 e. The van der Waals surface area contributed by atoms with Gasteiger partial charge in [-0.25, -0.2) is 0 Å². The lowest BCUT2D eigenvalue weighted by molar-refractivity contribution is -0.385. The third kappa shape index (κ3) is 2.58. The van der Waals surface area contributed by atoms with Crippen LogP contribution < -0.4 is 0 Å². The van der Waals surface area contributed by atoms with Crippen LogP contribution in [0.1, 0.15) is 20.7 Å². The summed E-state index contributed by atoms with van der Waals surface area (Å²) in [7, 11) is 0. The van der Waals surface area contributed by atoms with E-state index in [-0.39, 0.29) is 10.0 Å². The van der Waals surface area contributed by atoms with Crippen molar-refractivity contribution in [2.75, 3.05) is 0 Å². The number of hydrogen-bond acceptors (Lipinski definition) is 4. The summed E-state index contributed by atoms with van der Waals surface area (Å²) in [5, 5.41) is 8.57. The Balaban J connectivity index is 3.67. The van der Waals surface area contributed by atoms with Crippen molar-refractivity contribution in [3.63, 3.8) is 0 Å². The molecule has 1 aromatic carbocycles. The van der Waals surface area contributed by atoms with Gasteiger partial charge in [-0.1, -0.05) is 15.9 Å². The number of rotatable bonds is 3. The normalized spacial score (nSPS) is 9.94. The molecule has 0 aliphatic carbocycles. The van der Waals surface area contributed by atoms with Crippen LogP contribution >= 0.6 is 39.1 Å². The predicted molar refractivity (Wildman–Crippen MR) is 61.2 cm³/mol. The van der Waals surface area contributed by atoms with Gasteiger partial charge in [0, 0.05) is 10.5 Å². The van der Waals surface area contributed by atoms with Crippen molar-refractivity contribution >= 4 is 55.3 Å². The summed E-state index contributed by atoms with van der Waals surface area (Å²) in [6, 6.07) is 2.26. The third-order valence-corrected chi connectivity index (χ3v) is 2.54. The zero-order chi connectivity index (χ0) is 12.5. The van der Waals surface area contributed by atoms with Crippen LogP contribution in [0.3, 0.4) is 0 Å². The maximum atomic E-state index is 11.0. The average molecular weight is 327 g/mol. The van der Waals surface area contributed by atoms with E-state index in [2.05, 4.69) is 15.9 Å². The first-order chi connectivity index (χ1) is 7.34. The highest BCUT2D eigenvalue weighted by molar-refractivity contribution is 9.10. The van der Waals surface area contributed by atoms with E-state index in [0.29, 0.717) is 0 Å². The second-order valence-corrected chi connectivity index (χ2v) is 4.25. The highest BCUT2D eigenvalue weighted by atomic mass is 79.9. The Morgan fingerprint density at radius 2 is 1.81 bits per heavy atom. The zero-order valence-electron chi connectivity index (χ0n) is 7.37. The van der Waals surface area contributed by atoms with Crippen LogP contribution in [-0.2, 0) is 0 Å². The Bertz CT molecular complexity index is 468. The van der Waals surface area contributed by atoms with Crippen molar-refractivity contribution < 1.29 is 14.5 Å². The molecule has 16 heavy (non-hydrogen) atoms. The summed E-state index contributed by atoms with van der Waals surface area (Å²) in [5.74, 6) is 0. The average Bonchev–Trinajstić information content (AvgIpc) is 2.15. The van der Waals surface area contributed by atoms with Crippen LogP contribution in [0.25, 0.3) is 0 Å². The fourth-order valence-electron chi connectivity index (χ4n) is 1.10. The second kappa shape index (κ2) is 4.90. The Morgan fingerprint density at radius 3 is 2.19 bits per heavy atom. The van der Waals surface area contributed by atoms with E-state index in [1.807, 2.05) is 0 Å². The van der Waals surface area contributed by atoms with E-state index in [0.717, 1.165) is 6.07 Å². The van der Waals surface area contributed by atoms with Crippen LogP contribution in [0.2, 0.25) is 0 Å². The van der Waals surface area contributed by atoms with Gasteiger partial charge in [-0.3, -0.25) is 19.7 Å². The number of halogens is 3. The molecule has 0 amide bonds. The smallest absolute Gasteiger partial charge is 0.276 e. The SMILES string of the molecule is O=C(Cl)c1cc(Br)cc([N+](=O)[O-])c1C(=O)Cl. The highest BCUT2D eigenvalue weighted by Gasteiger charge is 2.26. The molecule has 0 aromatic heterocycles. The molecular weight excluding hydrogens is 325 g/mol. The standard InChI is InChI=1S/C8H2BrCl2NO4/c9-3-1-4(7(10)13)6(8(11)14)5(2-3)12(15)16/h1-2H. The molecule has 0 radical (unpaired) electrons. The van der Waals surface area contributed by atoms with E-state index in [1.165, 1.54) is 6.07 Å². The molecule has 0 atom stereocenters. The van der Waals surface area contributed by atoms with E-state index < -0.39 is 26.7 Å². The summed E-state index contributed by atoms with van der Waals surface area (Å²) < 4.78 is 0.255. The van der Waals surface area contributed by atoms with Crippen LogP contribution in [0, 0.1) is 10.1 Å². The minimum atomic E-state index is -1.11. The Hall–Kier alpha value is -0.980. The van der Waals surface area contributed by atoms with Crippen molar-refractivity contribution in [2.45, 2.75) is 0 Å². The molecule has 0 bridgehead atoms. The number of nitro groups is 1. The number of carbonyl (C=O) groups excluding carboxylic acids is 2. The van der Waals surface area contributed by atoms with Gasteiger partial charge in [-0.2, -0.15) is 0 Å². The summed E-state index contributed by atoms with van der Waals surface area (Å²) in [5.41, 5.74) is -1.38. The van der Waals surface area contributed by atoms with Crippen molar-refractivity contribution in [1.29, 1.82) is 0 Å². The number of carbonyl (C=O) groups is 2. The van der Waals surface area contributed by atoms with Gasteiger partial charge in [-0.05, 0) is 29.3 Å². The summed E-state index contributed by atoms with van der Waals surface area (Å²) >= 11 is 13.4. The molecule has 0 spiro atoms. The zero-order valence-corrected chi connectivity index (χ0v) is 10.5. The summed E-state index contributed by atoms with van der Waals surface area (Å²) in [6.07, 6.45) is 0. The molecule has 0 fully saturated rings. The molecule has 5 nitrogen and oxygen atoms in total. The molecule has 0 aliphatic rings. The van der Waals surface area contributed by atoms with Gasteiger partial charge in [0.05, 0.1) is 10.5 Å². The summed E-state index contributed by atoms with van der Waals surface area (Å²) in [6.45, 7) is 0. The van der Waals surface area contributed by atoms with Crippen molar-refractivity contribution in [1.82, 2.24) is 0 Å². The lowest BCUT2D eigenvalue weighted by Gasteiger charge is -2.03. The Morgan fingerprint density at radius 1 is 1.25 bits per heavy atom. The van der Waals surface area contributed by atoms with E-state index in [9.17, 15) is 19.7 Å². The van der Waals surface area contributed by atoms with Gasteiger partial charge in [0.2, 0.25) is 0 Å². The largest absolute Gasteiger partial charge is 0.283 e.